The number of hydrogen-bond acceptors (Lipinski definition) is 4. The van der Waals surface area contributed by atoms with Crippen molar-refractivity contribution < 1.29 is 19.0 Å². The van der Waals surface area contributed by atoms with E-state index >= 15 is 0 Å². The fraction of sp³-hybridized carbons (Fsp3) is 0.562. The first-order chi connectivity index (χ1) is 10.1. The van der Waals surface area contributed by atoms with Crippen LogP contribution >= 0.6 is 0 Å². The molecule has 21 heavy (non-hydrogen) atoms. The molecule has 0 spiro atoms. The molecule has 2 fully saturated rings. The van der Waals surface area contributed by atoms with E-state index in [1.54, 1.807) is 0 Å². The van der Waals surface area contributed by atoms with Crippen LogP contribution in [0, 0.1) is 11.8 Å². The van der Waals surface area contributed by atoms with Crippen LogP contribution < -0.4 is 0 Å². The van der Waals surface area contributed by atoms with Crippen LogP contribution in [0.3, 0.4) is 0 Å². The van der Waals surface area contributed by atoms with Gasteiger partial charge in [0.05, 0.1) is 19.6 Å². The second-order valence-corrected chi connectivity index (χ2v) is 6.18. The van der Waals surface area contributed by atoms with Crippen LogP contribution in [0.25, 0.3) is 0 Å². The maximum Gasteiger partial charge on any atom is 0.309 e. The number of hydrogen-bond donors (Lipinski definition) is 0. The third kappa shape index (κ3) is 2.85. The summed E-state index contributed by atoms with van der Waals surface area (Å²) in [6, 6.07) is 9.85. The van der Waals surface area contributed by atoms with Gasteiger partial charge in [0, 0.05) is 11.9 Å². The van der Waals surface area contributed by atoms with Crippen molar-refractivity contribution in [2.75, 3.05) is 13.2 Å². The molecule has 4 nitrogen and oxygen atoms in total. The Kier molecular flexibility index (Phi) is 4.04. The van der Waals surface area contributed by atoms with E-state index in [0.29, 0.717) is 25.0 Å². The maximum atomic E-state index is 12.2. The van der Waals surface area contributed by atoms with Crippen molar-refractivity contribution in [1.29, 1.82) is 0 Å². The van der Waals surface area contributed by atoms with E-state index in [4.69, 9.17) is 14.2 Å². The Bertz CT molecular complexity index is 506. The SMILES string of the molecule is B[C@@H]1O[C@@]2(CC(=O)OCc3ccccc3)COC[C@H]1C2C. The first-order valence-electron chi connectivity index (χ1n) is 7.56. The topological polar surface area (TPSA) is 44.8 Å². The van der Waals surface area contributed by atoms with Crippen LogP contribution in [-0.4, -0.2) is 38.6 Å². The number of carbonyl (C=O) groups is 1. The lowest BCUT2D eigenvalue weighted by atomic mass is 9.74. The molecule has 0 N–H and O–H groups in total. The standard InChI is InChI=1S/C16H21BO4/c1-11-13-9-19-10-16(11,21-15(13)17)7-14(18)20-8-12-5-3-2-4-6-12/h2-6,11,13,15H,7-10,17H2,1H3/t11?,13-,15+,16-/m0/s1. The van der Waals surface area contributed by atoms with Gasteiger partial charge in [-0.05, 0) is 11.5 Å². The molecule has 2 heterocycles. The van der Waals surface area contributed by atoms with Crippen molar-refractivity contribution in [2.24, 2.45) is 11.8 Å². The normalized spacial score (nSPS) is 34.6. The second kappa shape index (κ2) is 5.81. The third-order valence-electron chi connectivity index (χ3n) is 4.84. The average molecular weight is 288 g/mol. The van der Waals surface area contributed by atoms with Gasteiger partial charge in [-0.3, -0.25) is 4.79 Å². The van der Waals surface area contributed by atoms with E-state index in [0.717, 1.165) is 12.2 Å². The van der Waals surface area contributed by atoms with E-state index in [1.165, 1.54) is 0 Å². The summed E-state index contributed by atoms with van der Waals surface area (Å²) in [6.45, 7) is 3.67. The molecule has 0 saturated carbocycles. The molecule has 1 aromatic rings. The van der Waals surface area contributed by atoms with E-state index in [2.05, 4.69) is 14.8 Å². The van der Waals surface area contributed by atoms with E-state index in [9.17, 15) is 4.79 Å². The highest BCUT2D eigenvalue weighted by Gasteiger charge is 2.55. The van der Waals surface area contributed by atoms with Gasteiger partial charge in [-0.25, -0.2) is 0 Å². The highest BCUT2D eigenvalue weighted by molar-refractivity contribution is 6.11. The molecular weight excluding hydrogens is 267 g/mol. The van der Waals surface area contributed by atoms with Crippen molar-refractivity contribution in [3.8, 4) is 0 Å². The average Bonchev–Trinajstić information content (AvgIpc) is 2.62. The zero-order valence-corrected chi connectivity index (χ0v) is 12.6. The molecule has 4 atom stereocenters. The molecule has 0 aromatic heterocycles. The van der Waals surface area contributed by atoms with Gasteiger partial charge < -0.3 is 14.2 Å². The van der Waals surface area contributed by atoms with Gasteiger partial charge in [0.2, 0.25) is 0 Å². The van der Waals surface area contributed by atoms with Crippen LogP contribution in [0.15, 0.2) is 30.3 Å². The summed E-state index contributed by atoms with van der Waals surface area (Å²) >= 11 is 0. The zero-order valence-electron chi connectivity index (χ0n) is 12.6. The predicted molar refractivity (Wildman–Crippen MR) is 80.5 cm³/mol. The molecule has 1 aromatic carbocycles. The van der Waals surface area contributed by atoms with Crippen molar-refractivity contribution in [3.05, 3.63) is 35.9 Å². The molecule has 2 bridgehead atoms. The molecule has 1 unspecified atom stereocenters. The molecule has 112 valence electrons. The summed E-state index contributed by atoms with van der Waals surface area (Å²) in [5.41, 5.74) is 0.491. The monoisotopic (exact) mass is 288 g/mol. The quantitative estimate of drug-likeness (QED) is 0.615. The lowest BCUT2D eigenvalue weighted by Gasteiger charge is -2.36. The summed E-state index contributed by atoms with van der Waals surface area (Å²) in [5.74, 6) is 0.482. The third-order valence-corrected chi connectivity index (χ3v) is 4.84. The Morgan fingerprint density at radius 1 is 1.43 bits per heavy atom. The summed E-state index contributed by atoms with van der Waals surface area (Å²) in [4.78, 5) is 12.2. The molecular formula is C16H21BO4. The van der Waals surface area contributed by atoms with E-state index < -0.39 is 5.60 Å². The molecule has 5 heteroatoms. The summed E-state index contributed by atoms with van der Waals surface area (Å²) in [5, 5.41) is 0. The molecule has 2 saturated heterocycles. The molecule has 0 amide bonds. The number of esters is 1. The summed E-state index contributed by atoms with van der Waals surface area (Å²) in [6.07, 6.45) is 0.266. The molecule has 0 aliphatic carbocycles. The fourth-order valence-corrected chi connectivity index (χ4v) is 3.46. The number of rotatable bonds is 4. The second-order valence-electron chi connectivity index (χ2n) is 6.18. The fourth-order valence-electron chi connectivity index (χ4n) is 3.46. The Morgan fingerprint density at radius 3 is 2.95 bits per heavy atom. The van der Waals surface area contributed by atoms with Crippen molar-refractivity contribution in [2.45, 2.75) is 31.6 Å². The van der Waals surface area contributed by atoms with Gasteiger partial charge in [-0.1, -0.05) is 37.3 Å². The van der Waals surface area contributed by atoms with Crippen LogP contribution in [0.1, 0.15) is 18.9 Å². The first kappa shape index (κ1) is 14.6. The largest absolute Gasteiger partial charge is 0.461 e. The number of carbonyl (C=O) groups excluding carboxylic acids is 1. The minimum atomic E-state index is -0.504. The van der Waals surface area contributed by atoms with Gasteiger partial charge >= 0.3 is 5.97 Å². The minimum absolute atomic E-state index is 0.143. The lowest BCUT2D eigenvalue weighted by Crippen LogP contribution is -2.46. The van der Waals surface area contributed by atoms with Gasteiger partial charge in [0.25, 0.3) is 0 Å². The molecule has 3 rings (SSSR count). The summed E-state index contributed by atoms with van der Waals surface area (Å²) in [7, 11) is 2.06. The summed E-state index contributed by atoms with van der Waals surface area (Å²) < 4.78 is 17.1. The van der Waals surface area contributed by atoms with Crippen molar-refractivity contribution in [1.82, 2.24) is 0 Å². The minimum Gasteiger partial charge on any atom is -0.461 e. The molecule has 2 aliphatic heterocycles. The van der Waals surface area contributed by atoms with E-state index in [-0.39, 0.29) is 18.4 Å². The van der Waals surface area contributed by atoms with Crippen molar-refractivity contribution >= 4 is 13.8 Å². The smallest absolute Gasteiger partial charge is 0.309 e. The van der Waals surface area contributed by atoms with Gasteiger partial charge in [-0.15, -0.1) is 0 Å². The van der Waals surface area contributed by atoms with Crippen LogP contribution in [0.5, 0.6) is 0 Å². The van der Waals surface area contributed by atoms with Crippen LogP contribution in [-0.2, 0) is 25.6 Å². The van der Waals surface area contributed by atoms with Crippen LogP contribution in [0.4, 0.5) is 0 Å². The number of ether oxygens (including phenoxy) is 3. The van der Waals surface area contributed by atoms with Crippen LogP contribution in [0.2, 0.25) is 0 Å². The highest BCUT2D eigenvalue weighted by atomic mass is 16.6. The Balaban J connectivity index is 1.59. The number of fused-ring (bicyclic) bond motifs is 2. The predicted octanol–water partition coefficient (Wildman–Crippen LogP) is 1.13. The highest BCUT2D eigenvalue weighted by Crippen LogP contribution is 2.45. The Labute approximate surface area is 126 Å². The van der Waals surface area contributed by atoms with Crippen molar-refractivity contribution in [3.63, 3.8) is 0 Å². The molecule has 0 radical (unpaired) electrons. The van der Waals surface area contributed by atoms with Gasteiger partial charge in [-0.2, -0.15) is 0 Å². The maximum absolute atomic E-state index is 12.2. The first-order valence-corrected chi connectivity index (χ1v) is 7.56. The molecule has 2 aliphatic rings. The zero-order chi connectivity index (χ0) is 14.9. The van der Waals surface area contributed by atoms with E-state index in [1.807, 2.05) is 30.3 Å². The lowest BCUT2D eigenvalue weighted by molar-refractivity contribution is -0.159. The Morgan fingerprint density at radius 2 is 2.19 bits per heavy atom. The Hall–Kier alpha value is -1.33. The number of benzene rings is 1. The van der Waals surface area contributed by atoms with Gasteiger partial charge in [0.1, 0.15) is 20.1 Å². The van der Waals surface area contributed by atoms with Gasteiger partial charge in [0.15, 0.2) is 0 Å².